The lowest BCUT2D eigenvalue weighted by Crippen LogP contribution is -2.45. The molecule has 0 saturated heterocycles. The Hall–Kier alpha value is -0.570. The van der Waals surface area contributed by atoms with Gasteiger partial charge in [0.15, 0.2) is 0 Å². The molecule has 3 heteroatoms. The fourth-order valence-corrected chi connectivity index (χ4v) is 3.28. The minimum atomic E-state index is -0.0447. The van der Waals surface area contributed by atoms with Crippen LogP contribution in [0.15, 0.2) is 0 Å². The highest BCUT2D eigenvalue weighted by Crippen LogP contribution is 2.33. The van der Waals surface area contributed by atoms with E-state index in [1.807, 2.05) is 0 Å². The fraction of sp³-hybridized carbons (Fsp3) is 0.929. The number of hydrogen-bond donors (Lipinski definition) is 0. The second-order valence-electron chi connectivity index (χ2n) is 5.39. The molecule has 17 heavy (non-hydrogen) atoms. The summed E-state index contributed by atoms with van der Waals surface area (Å²) in [6, 6.07) is 0.341. The molecule has 2 unspecified atom stereocenters. The molecule has 3 nitrogen and oxygen atoms in total. The number of ether oxygens (including phenoxy) is 1. The second kappa shape index (κ2) is 7.00. The van der Waals surface area contributed by atoms with Gasteiger partial charge in [0.25, 0.3) is 0 Å². The summed E-state index contributed by atoms with van der Waals surface area (Å²) < 4.78 is 4.96. The first-order chi connectivity index (χ1) is 8.11. The Bertz CT molecular complexity index is 234. The van der Waals surface area contributed by atoms with Crippen LogP contribution in [0.1, 0.15) is 45.4 Å². The van der Waals surface area contributed by atoms with Crippen LogP contribution in [-0.4, -0.2) is 38.1 Å². The quantitative estimate of drug-likeness (QED) is 0.693. The molecule has 0 aliphatic heterocycles. The molecule has 2 atom stereocenters. The van der Waals surface area contributed by atoms with Crippen LogP contribution in [0, 0.1) is 11.8 Å². The summed E-state index contributed by atoms with van der Waals surface area (Å²) in [6.45, 7) is 2.08. The predicted molar refractivity (Wildman–Crippen MR) is 69.8 cm³/mol. The molecular weight excluding hydrogens is 214 g/mol. The maximum absolute atomic E-state index is 11.9. The summed E-state index contributed by atoms with van der Waals surface area (Å²) in [5.74, 6) is 0.637. The Labute approximate surface area is 106 Å². The van der Waals surface area contributed by atoms with E-state index in [-0.39, 0.29) is 11.9 Å². The first-order valence-corrected chi connectivity index (χ1v) is 6.86. The normalized spacial score (nSPS) is 21.2. The number of nitrogens with zero attached hydrogens (tertiary/aromatic N) is 1. The molecule has 0 aromatic rings. The van der Waals surface area contributed by atoms with Crippen molar-refractivity contribution in [3.05, 3.63) is 0 Å². The highest BCUT2D eigenvalue weighted by molar-refractivity contribution is 5.73. The predicted octanol–water partition coefficient (Wildman–Crippen LogP) is 2.70. The number of rotatable bonds is 5. The average molecular weight is 241 g/mol. The average Bonchev–Trinajstić information content (AvgIpc) is 2.35. The van der Waals surface area contributed by atoms with Crippen LogP contribution >= 0.6 is 0 Å². The van der Waals surface area contributed by atoms with Gasteiger partial charge in [-0.2, -0.15) is 0 Å². The number of hydrogen-bond acceptors (Lipinski definition) is 3. The molecule has 0 radical (unpaired) electrons. The van der Waals surface area contributed by atoms with Gasteiger partial charge in [0.2, 0.25) is 0 Å². The molecule has 0 aromatic heterocycles. The van der Waals surface area contributed by atoms with E-state index in [1.165, 1.54) is 39.2 Å². The van der Waals surface area contributed by atoms with Crippen molar-refractivity contribution in [2.75, 3.05) is 21.2 Å². The summed E-state index contributed by atoms with van der Waals surface area (Å²) in [5.41, 5.74) is 0. The third-order valence-corrected chi connectivity index (χ3v) is 4.09. The first-order valence-electron chi connectivity index (χ1n) is 6.86. The molecule has 1 fully saturated rings. The molecule has 0 bridgehead atoms. The van der Waals surface area contributed by atoms with Gasteiger partial charge < -0.3 is 9.64 Å². The minimum Gasteiger partial charge on any atom is -0.469 e. The molecule has 0 heterocycles. The summed E-state index contributed by atoms with van der Waals surface area (Å²) in [4.78, 5) is 14.1. The lowest BCUT2D eigenvalue weighted by atomic mass is 9.77. The third kappa shape index (κ3) is 3.70. The van der Waals surface area contributed by atoms with Gasteiger partial charge in [0.05, 0.1) is 13.0 Å². The molecule has 1 saturated carbocycles. The number of carbonyl (C=O) groups excluding carboxylic acids is 1. The third-order valence-electron chi connectivity index (χ3n) is 4.09. The van der Waals surface area contributed by atoms with Crippen LogP contribution in [0.2, 0.25) is 0 Å². The Morgan fingerprint density at radius 3 is 2.29 bits per heavy atom. The number of esters is 1. The van der Waals surface area contributed by atoms with E-state index in [0.717, 1.165) is 6.42 Å². The monoisotopic (exact) mass is 241 g/mol. The SMILES string of the molecule is CCC(C(=O)OC)C(C1CCCCC1)N(C)C. The van der Waals surface area contributed by atoms with E-state index in [1.54, 1.807) is 0 Å². The van der Waals surface area contributed by atoms with Gasteiger partial charge in [-0.1, -0.05) is 26.2 Å². The molecule has 0 amide bonds. The maximum Gasteiger partial charge on any atom is 0.310 e. The highest BCUT2D eigenvalue weighted by Gasteiger charge is 2.35. The summed E-state index contributed by atoms with van der Waals surface area (Å²) in [6.07, 6.45) is 7.36. The number of carbonyl (C=O) groups is 1. The molecule has 1 aliphatic carbocycles. The van der Waals surface area contributed by atoms with E-state index in [0.29, 0.717) is 12.0 Å². The van der Waals surface area contributed by atoms with E-state index >= 15 is 0 Å². The van der Waals surface area contributed by atoms with Gasteiger partial charge in [-0.05, 0) is 39.3 Å². The van der Waals surface area contributed by atoms with Crippen LogP contribution < -0.4 is 0 Å². The molecule has 1 rings (SSSR count). The van der Waals surface area contributed by atoms with Gasteiger partial charge >= 0.3 is 5.97 Å². The van der Waals surface area contributed by atoms with Crippen molar-refractivity contribution in [1.29, 1.82) is 0 Å². The van der Waals surface area contributed by atoms with Gasteiger partial charge in [-0.15, -0.1) is 0 Å². The summed E-state index contributed by atoms with van der Waals surface area (Å²) in [7, 11) is 5.67. The lowest BCUT2D eigenvalue weighted by Gasteiger charge is -2.38. The van der Waals surface area contributed by atoms with Crippen molar-refractivity contribution >= 4 is 5.97 Å². The zero-order valence-corrected chi connectivity index (χ0v) is 11.7. The van der Waals surface area contributed by atoms with E-state index < -0.39 is 0 Å². The topological polar surface area (TPSA) is 29.5 Å². The van der Waals surface area contributed by atoms with Crippen LogP contribution in [-0.2, 0) is 9.53 Å². The van der Waals surface area contributed by atoms with E-state index in [9.17, 15) is 4.79 Å². The van der Waals surface area contributed by atoms with Gasteiger partial charge in [-0.3, -0.25) is 4.79 Å². The molecular formula is C14H27NO2. The highest BCUT2D eigenvalue weighted by atomic mass is 16.5. The second-order valence-corrected chi connectivity index (χ2v) is 5.39. The Morgan fingerprint density at radius 1 is 1.29 bits per heavy atom. The van der Waals surface area contributed by atoms with Crippen LogP contribution in [0.3, 0.4) is 0 Å². The minimum absolute atomic E-state index is 0.0260. The van der Waals surface area contributed by atoms with Gasteiger partial charge in [0.1, 0.15) is 0 Å². The Morgan fingerprint density at radius 2 is 1.88 bits per heavy atom. The van der Waals surface area contributed by atoms with Crippen LogP contribution in [0.25, 0.3) is 0 Å². The maximum atomic E-state index is 11.9. The first kappa shape index (κ1) is 14.5. The number of methoxy groups -OCH3 is 1. The van der Waals surface area contributed by atoms with Crippen molar-refractivity contribution in [3.8, 4) is 0 Å². The molecule has 0 N–H and O–H groups in total. The smallest absolute Gasteiger partial charge is 0.310 e. The standard InChI is InChI=1S/C14H27NO2/c1-5-12(14(16)17-4)13(15(2)3)11-9-7-6-8-10-11/h11-13H,5-10H2,1-4H3. The van der Waals surface area contributed by atoms with Crippen molar-refractivity contribution in [2.45, 2.75) is 51.5 Å². The molecule has 0 aromatic carbocycles. The van der Waals surface area contributed by atoms with Crippen LogP contribution in [0.4, 0.5) is 0 Å². The van der Waals surface area contributed by atoms with Gasteiger partial charge in [0, 0.05) is 6.04 Å². The zero-order valence-electron chi connectivity index (χ0n) is 11.7. The van der Waals surface area contributed by atoms with E-state index in [4.69, 9.17) is 4.74 Å². The van der Waals surface area contributed by atoms with Crippen molar-refractivity contribution in [3.63, 3.8) is 0 Å². The summed E-state index contributed by atoms with van der Waals surface area (Å²) >= 11 is 0. The largest absolute Gasteiger partial charge is 0.469 e. The molecule has 100 valence electrons. The Kier molecular flexibility index (Phi) is 5.96. The molecule has 0 spiro atoms. The fourth-order valence-electron chi connectivity index (χ4n) is 3.28. The Balaban J connectivity index is 2.77. The van der Waals surface area contributed by atoms with E-state index in [2.05, 4.69) is 25.9 Å². The zero-order chi connectivity index (χ0) is 12.8. The van der Waals surface area contributed by atoms with Crippen molar-refractivity contribution in [2.24, 2.45) is 11.8 Å². The van der Waals surface area contributed by atoms with Gasteiger partial charge in [-0.25, -0.2) is 0 Å². The molecule has 1 aliphatic rings. The lowest BCUT2D eigenvalue weighted by molar-refractivity contribution is -0.149. The summed E-state index contributed by atoms with van der Waals surface area (Å²) in [5, 5.41) is 0. The van der Waals surface area contributed by atoms with Crippen LogP contribution in [0.5, 0.6) is 0 Å². The van der Waals surface area contributed by atoms with Crippen molar-refractivity contribution < 1.29 is 9.53 Å². The van der Waals surface area contributed by atoms with Crippen molar-refractivity contribution in [1.82, 2.24) is 4.90 Å².